The highest BCUT2D eigenvalue weighted by Gasteiger charge is 2.23. The Morgan fingerprint density at radius 1 is 0.548 bits per heavy atom. The second-order valence-corrected chi connectivity index (χ2v) is 9.32. The first kappa shape index (κ1) is 23.3. The number of rotatable bonds is 8. The molecule has 0 aliphatic rings. The van der Waals surface area contributed by atoms with Crippen LogP contribution in [0.2, 0.25) is 0 Å². The summed E-state index contributed by atoms with van der Waals surface area (Å²) in [5.74, 6) is 0.920. The molecule has 1 unspecified atom stereocenters. The van der Waals surface area contributed by atoms with Crippen LogP contribution in [0.4, 0.5) is 0 Å². The zero-order chi connectivity index (χ0) is 22.5. The maximum atomic E-state index is 2.41. The molecule has 0 aromatic heterocycles. The van der Waals surface area contributed by atoms with Crippen LogP contribution < -0.4 is 0 Å². The normalized spacial score (nSPS) is 12.4. The summed E-state index contributed by atoms with van der Waals surface area (Å²) >= 11 is 0. The predicted octanol–water partition coefficient (Wildman–Crippen LogP) is 8.62. The number of benzene rings is 3. The van der Waals surface area contributed by atoms with Crippen LogP contribution in [-0.2, 0) is 19.3 Å². The van der Waals surface area contributed by atoms with Crippen molar-refractivity contribution in [1.82, 2.24) is 0 Å². The second kappa shape index (κ2) is 10.3. The molecule has 0 saturated heterocycles. The molecule has 0 amide bonds. The van der Waals surface area contributed by atoms with Crippen LogP contribution in [0.15, 0.2) is 54.6 Å². The van der Waals surface area contributed by atoms with Crippen LogP contribution >= 0.6 is 0 Å². The van der Waals surface area contributed by atoms with Gasteiger partial charge < -0.3 is 0 Å². The van der Waals surface area contributed by atoms with Crippen molar-refractivity contribution in [2.24, 2.45) is 0 Å². The van der Waals surface area contributed by atoms with Crippen molar-refractivity contribution < 1.29 is 0 Å². The molecule has 0 heteroatoms. The van der Waals surface area contributed by atoms with Gasteiger partial charge in [0.15, 0.2) is 0 Å². The summed E-state index contributed by atoms with van der Waals surface area (Å²) in [6.07, 6.45) is 4.42. The van der Waals surface area contributed by atoms with Gasteiger partial charge in [-0.15, -0.1) is 0 Å². The molecule has 0 nitrogen and oxygen atoms in total. The van der Waals surface area contributed by atoms with Crippen molar-refractivity contribution in [3.8, 4) is 0 Å². The van der Waals surface area contributed by atoms with Crippen LogP contribution in [0.5, 0.6) is 0 Å². The van der Waals surface area contributed by atoms with E-state index in [-0.39, 0.29) is 0 Å². The third-order valence-corrected chi connectivity index (χ3v) is 7.10. The van der Waals surface area contributed by atoms with E-state index in [0.717, 1.165) is 25.7 Å². The second-order valence-electron chi connectivity index (χ2n) is 9.32. The molecule has 0 heterocycles. The van der Waals surface area contributed by atoms with Gasteiger partial charge in [-0.05, 0) is 102 Å². The molecular formula is C31H40. The molecule has 0 saturated carbocycles. The summed E-state index contributed by atoms with van der Waals surface area (Å²) in [4.78, 5) is 0. The third-order valence-electron chi connectivity index (χ3n) is 7.10. The Labute approximate surface area is 190 Å². The Morgan fingerprint density at radius 3 is 1.23 bits per heavy atom. The van der Waals surface area contributed by atoms with Gasteiger partial charge in [0.1, 0.15) is 0 Å². The summed E-state index contributed by atoms with van der Waals surface area (Å²) in [5.41, 5.74) is 13.0. The van der Waals surface area contributed by atoms with E-state index >= 15 is 0 Å². The molecule has 0 fully saturated rings. The molecule has 0 N–H and O–H groups in total. The Kier molecular flexibility index (Phi) is 7.76. The zero-order valence-corrected chi connectivity index (χ0v) is 20.7. The van der Waals surface area contributed by atoms with Crippen molar-refractivity contribution in [3.05, 3.63) is 105 Å². The first-order valence-electron chi connectivity index (χ1n) is 12.2. The Morgan fingerprint density at radius 2 is 0.903 bits per heavy atom. The van der Waals surface area contributed by atoms with Crippen LogP contribution in [0, 0.1) is 20.8 Å². The molecule has 0 bridgehead atoms. The van der Waals surface area contributed by atoms with Crippen LogP contribution in [0.3, 0.4) is 0 Å². The van der Waals surface area contributed by atoms with Crippen LogP contribution in [0.1, 0.15) is 96.0 Å². The quantitative estimate of drug-likeness (QED) is 0.347. The Hall–Kier alpha value is -2.34. The lowest BCUT2D eigenvalue weighted by Gasteiger charge is -2.27. The summed E-state index contributed by atoms with van der Waals surface area (Å²) in [6, 6.07) is 21.3. The van der Waals surface area contributed by atoms with E-state index in [9.17, 15) is 0 Å². The van der Waals surface area contributed by atoms with Crippen LogP contribution in [0.25, 0.3) is 0 Å². The molecule has 0 spiro atoms. The van der Waals surface area contributed by atoms with E-state index in [4.69, 9.17) is 0 Å². The van der Waals surface area contributed by atoms with Crippen molar-refractivity contribution in [1.29, 1.82) is 0 Å². The first-order valence-corrected chi connectivity index (χ1v) is 12.2. The summed E-state index contributed by atoms with van der Waals surface area (Å²) in [6.45, 7) is 16.0. The molecule has 3 aromatic carbocycles. The standard InChI is InChI=1S/C31H40/c1-8-25-11-14-28(21(4)17-25)24(7)20-31(29-15-12-26(9-2)18-22(29)5)30-16-13-27(10-3)19-23(30)6/h11-19,24,31H,8-10,20H2,1-7H3. The fourth-order valence-corrected chi connectivity index (χ4v) is 5.11. The highest BCUT2D eigenvalue weighted by molar-refractivity contribution is 5.44. The molecule has 0 aliphatic carbocycles. The van der Waals surface area contributed by atoms with Gasteiger partial charge in [-0.25, -0.2) is 0 Å². The van der Waals surface area contributed by atoms with Gasteiger partial charge in [0.25, 0.3) is 0 Å². The molecule has 1 atom stereocenters. The summed E-state index contributed by atoms with van der Waals surface area (Å²) in [7, 11) is 0. The van der Waals surface area contributed by atoms with Crippen LogP contribution in [-0.4, -0.2) is 0 Å². The molecule has 164 valence electrons. The highest BCUT2D eigenvalue weighted by atomic mass is 14.3. The van der Waals surface area contributed by atoms with E-state index in [1.165, 1.54) is 50.1 Å². The molecule has 3 aromatic rings. The number of hydrogen-bond donors (Lipinski definition) is 0. The molecule has 0 radical (unpaired) electrons. The van der Waals surface area contributed by atoms with E-state index in [1.807, 2.05) is 0 Å². The van der Waals surface area contributed by atoms with Gasteiger partial charge in [-0.1, -0.05) is 82.3 Å². The van der Waals surface area contributed by atoms with Gasteiger partial charge >= 0.3 is 0 Å². The smallest absolute Gasteiger partial charge is 0.0100 e. The van der Waals surface area contributed by atoms with Crippen molar-refractivity contribution in [3.63, 3.8) is 0 Å². The number of aryl methyl sites for hydroxylation is 6. The third kappa shape index (κ3) is 5.29. The first-order chi connectivity index (χ1) is 14.9. The van der Waals surface area contributed by atoms with Crippen molar-refractivity contribution >= 4 is 0 Å². The van der Waals surface area contributed by atoms with Crippen molar-refractivity contribution in [2.45, 2.75) is 86.0 Å². The highest BCUT2D eigenvalue weighted by Crippen LogP contribution is 2.39. The lowest BCUT2D eigenvalue weighted by atomic mass is 9.77. The lowest BCUT2D eigenvalue weighted by Crippen LogP contribution is -2.11. The number of hydrogen-bond acceptors (Lipinski definition) is 0. The summed E-state index contributed by atoms with van der Waals surface area (Å²) in [5, 5.41) is 0. The van der Waals surface area contributed by atoms with E-state index in [0.29, 0.717) is 11.8 Å². The van der Waals surface area contributed by atoms with Gasteiger partial charge in [-0.2, -0.15) is 0 Å². The van der Waals surface area contributed by atoms with E-state index in [2.05, 4.69) is 103 Å². The van der Waals surface area contributed by atoms with Gasteiger partial charge in [0.05, 0.1) is 0 Å². The Balaban J connectivity index is 2.04. The fraction of sp³-hybridized carbons (Fsp3) is 0.419. The predicted molar refractivity (Wildman–Crippen MR) is 137 cm³/mol. The lowest BCUT2D eigenvalue weighted by molar-refractivity contribution is 0.610. The molecule has 31 heavy (non-hydrogen) atoms. The van der Waals surface area contributed by atoms with Gasteiger partial charge in [-0.3, -0.25) is 0 Å². The van der Waals surface area contributed by atoms with E-state index < -0.39 is 0 Å². The molecule has 3 rings (SSSR count). The maximum Gasteiger partial charge on any atom is 0.0100 e. The van der Waals surface area contributed by atoms with E-state index in [1.54, 1.807) is 0 Å². The minimum Gasteiger partial charge on any atom is -0.0613 e. The maximum absolute atomic E-state index is 2.41. The monoisotopic (exact) mass is 412 g/mol. The summed E-state index contributed by atoms with van der Waals surface area (Å²) < 4.78 is 0. The average Bonchev–Trinajstić information content (AvgIpc) is 2.77. The minimum absolute atomic E-state index is 0.414. The SMILES string of the molecule is CCc1ccc(C(C)CC(c2ccc(CC)cc2C)c2ccc(CC)cc2C)c(C)c1. The molecule has 0 aliphatic heterocycles. The largest absolute Gasteiger partial charge is 0.0613 e. The van der Waals surface area contributed by atoms with Gasteiger partial charge in [0.2, 0.25) is 0 Å². The average molecular weight is 413 g/mol. The van der Waals surface area contributed by atoms with Crippen molar-refractivity contribution in [2.75, 3.05) is 0 Å². The molecular weight excluding hydrogens is 372 g/mol. The Bertz CT molecular complexity index is 971. The topological polar surface area (TPSA) is 0 Å². The fourth-order valence-electron chi connectivity index (χ4n) is 5.11. The van der Waals surface area contributed by atoms with Gasteiger partial charge in [0, 0.05) is 5.92 Å². The minimum atomic E-state index is 0.414. The zero-order valence-electron chi connectivity index (χ0n) is 20.7.